The van der Waals surface area contributed by atoms with Crippen LogP contribution in [0.2, 0.25) is 0 Å². The fraction of sp³-hybridized carbons (Fsp3) is 0. The van der Waals surface area contributed by atoms with Crippen LogP contribution in [0.1, 0.15) is 0 Å². The summed E-state index contributed by atoms with van der Waals surface area (Å²) in [6.45, 7) is 0. The lowest BCUT2D eigenvalue weighted by Crippen LogP contribution is -1.93. The van der Waals surface area contributed by atoms with Gasteiger partial charge in [-0.05, 0) is 117 Å². The van der Waals surface area contributed by atoms with Crippen LogP contribution in [0.4, 0.5) is 0 Å². The lowest BCUT2D eigenvalue weighted by Gasteiger charge is -2.20. The van der Waals surface area contributed by atoms with Gasteiger partial charge in [0.05, 0.1) is 0 Å². The predicted octanol–water partition coefficient (Wildman–Crippen LogP) is 14.1. The van der Waals surface area contributed by atoms with Gasteiger partial charge < -0.3 is 0 Å². The molecule has 0 N–H and O–H groups in total. The Morgan fingerprint density at radius 3 is 1.38 bits per heavy atom. The molecule has 0 aliphatic carbocycles. The molecule has 0 aromatic heterocycles. The van der Waals surface area contributed by atoms with E-state index in [9.17, 15) is 0 Å². The summed E-state index contributed by atoms with van der Waals surface area (Å²) in [7, 11) is 0. The summed E-state index contributed by atoms with van der Waals surface area (Å²) in [6, 6.07) is 71.4. The molecule has 0 amide bonds. The van der Waals surface area contributed by atoms with Crippen molar-refractivity contribution in [3.8, 4) is 44.5 Å². The molecule has 232 valence electrons. The number of hydrogen-bond donors (Lipinski definition) is 0. The summed E-state index contributed by atoms with van der Waals surface area (Å²) in [4.78, 5) is 0. The summed E-state index contributed by atoms with van der Waals surface area (Å²) in [5.41, 5.74) is 9.95. The van der Waals surface area contributed by atoms with Crippen molar-refractivity contribution < 1.29 is 0 Å². The van der Waals surface area contributed by atoms with Gasteiger partial charge in [-0.15, -0.1) is 0 Å². The fourth-order valence-corrected chi connectivity index (χ4v) is 8.16. The molecule has 0 atom stereocenters. The Bertz CT molecular complexity index is 2860. The maximum absolute atomic E-state index is 2.44. The van der Waals surface area contributed by atoms with Crippen molar-refractivity contribution in [1.29, 1.82) is 0 Å². The molecule has 0 heteroatoms. The molecule has 10 aromatic carbocycles. The minimum absolute atomic E-state index is 1.22. The second kappa shape index (κ2) is 11.6. The van der Waals surface area contributed by atoms with Gasteiger partial charge in [0.2, 0.25) is 0 Å². The van der Waals surface area contributed by atoms with Crippen LogP contribution in [0.3, 0.4) is 0 Å². The Kier molecular flexibility index (Phi) is 6.60. The van der Waals surface area contributed by atoms with Gasteiger partial charge in [-0.1, -0.05) is 176 Å². The van der Waals surface area contributed by atoms with Crippen LogP contribution in [0, 0.1) is 0 Å². The minimum Gasteiger partial charge on any atom is -0.0622 e. The monoisotopic (exact) mass is 632 g/mol. The van der Waals surface area contributed by atoms with Crippen molar-refractivity contribution in [2.24, 2.45) is 0 Å². The second-order valence-corrected chi connectivity index (χ2v) is 13.2. The minimum atomic E-state index is 1.22. The van der Waals surface area contributed by atoms with Crippen molar-refractivity contribution in [3.63, 3.8) is 0 Å². The Balaban J connectivity index is 1.31. The zero-order valence-electron chi connectivity index (χ0n) is 27.5. The van der Waals surface area contributed by atoms with E-state index < -0.39 is 0 Å². The van der Waals surface area contributed by atoms with Crippen molar-refractivity contribution in [1.82, 2.24) is 0 Å². The van der Waals surface area contributed by atoms with Gasteiger partial charge >= 0.3 is 0 Å². The highest BCUT2D eigenvalue weighted by Crippen LogP contribution is 2.46. The van der Waals surface area contributed by atoms with Crippen LogP contribution >= 0.6 is 0 Å². The van der Waals surface area contributed by atoms with E-state index in [1.807, 2.05) is 0 Å². The quantitative estimate of drug-likeness (QED) is 0.134. The average Bonchev–Trinajstić information content (AvgIpc) is 3.19. The number of hydrogen-bond acceptors (Lipinski definition) is 0. The molecule has 0 nitrogen and oxygen atoms in total. The van der Waals surface area contributed by atoms with Gasteiger partial charge in [0.15, 0.2) is 0 Å². The molecule has 0 aliphatic rings. The first-order chi connectivity index (χ1) is 24.8. The van der Waals surface area contributed by atoms with E-state index in [0.717, 1.165) is 0 Å². The van der Waals surface area contributed by atoms with Crippen LogP contribution in [-0.4, -0.2) is 0 Å². The normalized spacial score (nSPS) is 11.6. The molecule has 0 saturated heterocycles. The van der Waals surface area contributed by atoms with Gasteiger partial charge in [-0.3, -0.25) is 0 Å². The van der Waals surface area contributed by atoms with Gasteiger partial charge in [0.25, 0.3) is 0 Å². The van der Waals surface area contributed by atoms with Crippen LogP contribution < -0.4 is 0 Å². The lowest BCUT2D eigenvalue weighted by atomic mass is 9.83. The zero-order valence-corrected chi connectivity index (χ0v) is 27.5. The molecule has 0 spiro atoms. The maximum Gasteiger partial charge on any atom is -0.00261 e. The zero-order chi connectivity index (χ0) is 33.0. The molecule has 0 aliphatic heterocycles. The number of rotatable bonds is 4. The summed E-state index contributed by atoms with van der Waals surface area (Å²) in [6.07, 6.45) is 0. The molecule has 0 fully saturated rings. The van der Waals surface area contributed by atoms with Gasteiger partial charge in [0.1, 0.15) is 0 Å². The smallest absolute Gasteiger partial charge is 0.00261 e. The Morgan fingerprint density at radius 1 is 0.200 bits per heavy atom. The Labute approximate surface area is 291 Å². The molecule has 0 heterocycles. The van der Waals surface area contributed by atoms with E-state index in [-0.39, 0.29) is 0 Å². The molecular formula is C50H32. The maximum atomic E-state index is 2.44. The van der Waals surface area contributed by atoms with Crippen LogP contribution in [0.5, 0.6) is 0 Å². The average molecular weight is 633 g/mol. The highest BCUT2D eigenvalue weighted by Gasteiger charge is 2.19. The second-order valence-electron chi connectivity index (χ2n) is 13.2. The first-order valence-electron chi connectivity index (χ1n) is 17.4. The lowest BCUT2D eigenvalue weighted by molar-refractivity contribution is 1.61. The third-order valence-electron chi connectivity index (χ3n) is 10.4. The molecule has 50 heavy (non-hydrogen) atoms. The summed E-state index contributed by atoms with van der Waals surface area (Å²) in [5.74, 6) is 0. The fourth-order valence-electron chi connectivity index (χ4n) is 8.16. The Hall–Kier alpha value is -6.50. The van der Waals surface area contributed by atoms with E-state index in [2.05, 4.69) is 194 Å². The third-order valence-corrected chi connectivity index (χ3v) is 10.4. The first-order valence-corrected chi connectivity index (χ1v) is 17.4. The van der Waals surface area contributed by atoms with Crippen molar-refractivity contribution in [3.05, 3.63) is 194 Å². The van der Waals surface area contributed by atoms with E-state index in [1.54, 1.807) is 0 Å². The summed E-state index contributed by atoms with van der Waals surface area (Å²) >= 11 is 0. The SMILES string of the molecule is c1ccc(-c2c3ccccc3c(-c3ccc(-c4cc5ccccc5c5ccccc45)c(-c4ccc5ccccc5c4)c3)c3ccccc23)cc1. The summed E-state index contributed by atoms with van der Waals surface area (Å²) in [5, 5.41) is 12.6. The molecule has 0 saturated carbocycles. The number of fused-ring (bicyclic) bond motifs is 6. The van der Waals surface area contributed by atoms with Gasteiger partial charge in [-0.25, -0.2) is 0 Å². The molecule has 0 unspecified atom stereocenters. The highest BCUT2D eigenvalue weighted by atomic mass is 14.2. The predicted molar refractivity (Wildman–Crippen MR) is 216 cm³/mol. The van der Waals surface area contributed by atoms with E-state index in [4.69, 9.17) is 0 Å². The molecule has 10 aromatic rings. The topological polar surface area (TPSA) is 0 Å². The largest absolute Gasteiger partial charge is 0.0622 e. The summed E-state index contributed by atoms with van der Waals surface area (Å²) < 4.78 is 0. The van der Waals surface area contributed by atoms with Crippen molar-refractivity contribution in [2.45, 2.75) is 0 Å². The van der Waals surface area contributed by atoms with Crippen molar-refractivity contribution >= 4 is 53.9 Å². The van der Waals surface area contributed by atoms with E-state index >= 15 is 0 Å². The third kappa shape index (κ3) is 4.54. The standard InChI is InChI=1S/C50H32/c1-2-15-34(16-3-1)49-43-22-10-12-24-45(43)50(46-25-13-11-23-44(46)49)38-28-29-42(47(32-38)37-27-26-33-14-4-5-17-35(33)30-37)48-31-36-18-6-7-19-39(36)40-20-8-9-21-41(40)48/h1-32H. The first kappa shape index (κ1) is 28.5. The van der Waals surface area contributed by atoms with Gasteiger partial charge in [0, 0.05) is 0 Å². The van der Waals surface area contributed by atoms with Crippen LogP contribution in [0.15, 0.2) is 194 Å². The van der Waals surface area contributed by atoms with Crippen molar-refractivity contribution in [2.75, 3.05) is 0 Å². The van der Waals surface area contributed by atoms with Crippen LogP contribution in [-0.2, 0) is 0 Å². The molecule has 0 bridgehead atoms. The van der Waals surface area contributed by atoms with E-state index in [1.165, 1.54) is 98.4 Å². The van der Waals surface area contributed by atoms with Crippen LogP contribution in [0.25, 0.3) is 98.4 Å². The molecular weight excluding hydrogens is 601 g/mol. The van der Waals surface area contributed by atoms with E-state index in [0.29, 0.717) is 0 Å². The number of benzene rings is 10. The van der Waals surface area contributed by atoms with Gasteiger partial charge in [-0.2, -0.15) is 0 Å². The molecule has 0 radical (unpaired) electrons. The Morgan fingerprint density at radius 2 is 0.700 bits per heavy atom. The molecule has 10 rings (SSSR count). The highest BCUT2D eigenvalue weighted by molar-refractivity contribution is 6.22.